The van der Waals surface area contributed by atoms with Crippen LogP contribution in [0.1, 0.15) is 5.56 Å². The highest BCUT2D eigenvalue weighted by Gasteiger charge is 2.22. The topological polar surface area (TPSA) is 84.0 Å². The summed E-state index contributed by atoms with van der Waals surface area (Å²) in [4.78, 5) is 7.43. The first-order chi connectivity index (χ1) is 13.9. The molecular formula is C19H14ClFN4O2S2. The molecule has 0 aliphatic carbocycles. The number of hydrogen-bond donors (Lipinski definition) is 2. The zero-order valence-electron chi connectivity index (χ0n) is 14.8. The van der Waals surface area contributed by atoms with Crippen LogP contribution in [0.25, 0.3) is 10.8 Å². The molecule has 2 heterocycles. The number of fused-ring (bicyclic) bond motifs is 1. The number of hydrogen-bond acceptors (Lipinski definition) is 6. The number of halogens is 2. The van der Waals surface area contributed by atoms with Gasteiger partial charge in [-0.05, 0) is 29.1 Å². The van der Waals surface area contributed by atoms with Crippen molar-refractivity contribution in [2.75, 3.05) is 10.0 Å². The fourth-order valence-electron chi connectivity index (χ4n) is 2.83. The smallest absolute Gasteiger partial charge is 0.266 e. The van der Waals surface area contributed by atoms with Crippen molar-refractivity contribution in [3.05, 3.63) is 76.8 Å². The Hall–Kier alpha value is -2.75. The third-order valence-corrected chi connectivity index (χ3v) is 6.69. The summed E-state index contributed by atoms with van der Waals surface area (Å²) in [5, 5.41) is 6.90. The van der Waals surface area contributed by atoms with Crippen molar-refractivity contribution in [1.29, 1.82) is 0 Å². The molecule has 0 amide bonds. The van der Waals surface area contributed by atoms with Crippen LogP contribution in [-0.4, -0.2) is 18.4 Å². The van der Waals surface area contributed by atoms with Crippen LogP contribution in [-0.2, 0) is 16.6 Å². The van der Waals surface area contributed by atoms with E-state index in [4.69, 9.17) is 11.6 Å². The molecule has 0 fully saturated rings. The first kappa shape index (κ1) is 19.6. The van der Waals surface area contributed by atoms with Gasteiger partial charge >= 0.3 is 0 Å². The van der Waals surface area contributed by atoms with Gasteiger partial charge in [0, 0.05) is 35.9 Å². The van der Waals surface area contributed by atoms with Crippen LogP contribution >= 0.6 is 22.9 Å². The van der Waals surface area contributed by atoms with Crippen LogP contribution in [0.4, 0.5) is 15.2 Å². The van der Waals surface area contributed by atoms with Crippen molar-refractivity contribution in [2.45, 2.75) is 11.4 Å². The van der Waals surface area contributed by atoms with Gasteiger partial charge in [-0.25, -0.2) is 17.8 Å². The summed E-state index contributed by atoms with van der Waals surface area (Å²) >= 11 is 7.32. The zero-order valence-corrected chi connectivity index (χ0v) is 17.2. The molecular weight excluding hydrogens is 435 g/mol. The van der Waals surface area contributed by atoms with Gasteiger partial charge in [0.15, 0.2) is 5.13 Å². The van der Waals surface area contributed by atoms with Crippen molar-refractivity contribution < 1.29 is 12.8 Å². The van der Waals surface area contributed by atoms with Crippen LogP contribution in [0.5, 0.6) is 0 Å². The first-order valence-electron chi connectivity index (χ1n) is 8.41. The lowest BCUT2D eigenvalue weighted by molar-refractivity contribution is 0.570. The summed E-state index contributed by atoms with van der Waals surface area (Å²) in [6, 6.07) is 9.88. The second kappa shape index (κ2) is 7.94. The molecule has 0 aliphatic heterocycles. The summed E-state index contributed by atoms with van der Waals surface area (Å²) in [6.45, 7) is 0.367. The number of sulfonamides is 1. The van der Waals surface area contributed by atoms with Crippen LogP contribution < -0.4 is 10.0 Å². The number of benzene rings is 2. The van der Waals surface area contributed by atoms with Gasteiger partial charge in [0.25, 0.3) is 10.0 Å². The van der Waals surface area contributed by atoms with Gasteiger partial charge in [-0.15, -0.1) is 11.3 Å². The van der Waals surface area contributed by atoms with Gasteiger partial charge in [-0.3, -0.25) is 9.71 Å². The minimum absolute atomic E-state index is 0.0873. The molecule has 0 bridgehead atoms. The molecule has 0 radical (unpaired) electrons. The Balaban J connectivity index is 1.59. The van der Waals surface area contributed by atoms with E-state index in [1.807, 2.05) is 24.3 Å². The van der Waals surface area contributed by atoms with E-state index in [2.05, 4.69) is 20.0 Å². The highest BCUT2D eigenvalue weighted by atomic mass is 35.5. The van der Waals surface area contributed by atoms with E-state index in [9.17, 15) is 12.8 Å². The molecule has 10 heteroatoms. The molecule has 148 valence electrons. The molecule has 0 saturated heterocycles. The predicted molar refractivity (Wildman–Crippen MR) is 113 cm³/mol. The number of nitrogens with one attached hydrogen (secondary N) is 2. The van der Waals surface area contributed by atoms with Gasteiger partial charge in [0.1, 0.15) is 10.7 Å². The maximum absolute atomic E-state index is 14.6. The van der Waals surface area contributed by atoms with Crippen LogP contribution in [0.2, 0.25) is 5.02 Å². The van der Waals surface area contributed by atoms with E-state index in [1.165, 1.54) is 6.20 Å². The van der Waals surface area contributed by atoms with Gasteiger partial charge in [0.05, 0.1) is 10.7 Å². The van der Waals surface area contributed by atoms with Crippen LogP contribution in [0.15, 0.2) is 65.3 Å². The molecule has 0 atom stereocenters. The van der Waals surface area contributed by atoms with Crippen molar-refractivity contribution in [2.24, 2.45) is 0 Å². The number of rotatable bonds is 6. The number of aromatic nitrogens is 2. The number of pyridine rings is 1. The Morgan fingerprint density at radius 1 is 1.17 bits per heavy atom. The summed E-state index contributed by atoms with van der Waals surface area (Å²) in [5.41, 5.74) is 1.24. The van der Waals surface area contributed by atoms with E-state index in [0.29, 0.717) is 12.2 Å². The van der Waals surface area contributed by atoms with Gasteiger partial charge in [-0.2, -0.15) is 0 Å². The lowest BCUT2D eigenvalue weighted by Gasteiger charge is -2.13. The molecule has 4 aromatic rings. The van der Waals surface area contributed by atoms with E-state index < -0.39 is 20.7 Å². The maximum Gasteiger partial charge on any atom is 0.266 e. The molecule has 6 nitrogen and oxygen atoms in total. The predicted octanol–water partition coefficient (Wildman–Crippen LogP) is 4.90. The van der Waals surface area contributed by atoms with Crippen molar-refractivity contribution in [3.8, 4) is 0 Å². The molecule has 0 spiro atoms. The summed E-state index contributed by atoms with van der Waals surface area (Å²) in [5.74, 6) is -0.916. The lowest BCUT2D eigenvalue weighted by Crippen LogP contribution is -2.15. The SMILES string of the molecule is O=S(=O)(Nc1nccs1)c1cc(Cl)c(NCc2cccc3ccncc23)cc1F. The fourth-order valence-corrected chi connectivity index (χ4v) is 5.01. The van der Waals surface area contributed by atoms with E-state index in [0.717, 1.165) is 39.8 Å². The molecule has 2 aromatic carbocycles. The highest BCUT2D eigenvalue weighted by molar-refractivity contribution is 7.93. The van der Waals surface area contributed by atoms with E-state index in [-0.39, 0.29) is 10.2 Å². The van der Waals surface area contributed by atoms with Crippen LogP contribution in [0, 0.1) is 5.82 Å². The third-order valence-electron chi connectivity index (χ3n) is 4.21. The Morgan fingerprint density at radius 3 is 2.83 bits per heavy atom. The average Bonchev–Trinajstić information content (AvgIpc) is 3.20. The van der Waals surface area contributed by atoms with E-state index >= 15 is 0 Å². The largest absolute Gasteiger partial charge is 0.380 e. The van der Waals surface area contributed by atoms with Crippen molar-refractivity contribution >= 4 is 54.6 Å². The van der Waals surface area contributed by atoms with Crippen LogP contribution in [0.3, 0.4) is 0 Å². The highest BCUT2D eigenvalue weighted by Crippen LogP contribution is 2.30. The van der Waals surface area contributed by atoms with E-state index in [1.54, 1.807) is 17.8 Å². The second-order valence-corrected chi connectivity index (χ2v) is 9.03. The van der Waals surface area contributed by atoms with Gasteiger partial charge in [0.2, 0.25) is 0 Å². The fraction of sp³-hybridized carbons (Fsp3) is 0.0526. The third kappa shape index (κ3) is 4.16. The number of thiazole rings is 1. The molecule has 2 N–H and O–H groups in total. The molecule has 0 aliphatic rings. The quantitative estimate of drug-likeness (QED) is 0.438. The molecule has 29 heavy (non-hydrogen) atoms. The Kier molecular flexibility index (Phi) is 5.35. The summed E-state index contributed by atoms with van der Waals surface area (Å²) < 4.78 is 41.7. The molecule has 4 rings (SSSR count). The standard InChI is InChI=1S/C19H14ClFN4O2S2/c20-15-8-18(29(26,27)25-19-23-6-7-28-19)16(21)9-17(15)24-10-13-3-1-2-12-4-5-22-11-14(12)13/h1-9,11,24H,10H2,(H,23,25). The lowest BCUT2D eigenvalue weighted by atomic mass is 10.1. The molecule has 2 aromatic heterocycles. The Labute approximate surface area is 175 Å². The number of anilines is 2. The van der Waals surface area contributed by atoms with Gasteiger partial charge < -0.3 is 5.32 Å². The summed E-state index contributed by atoms with van der Waals surface area (Å²) in [6.07, 6.45) is 4.92. The van der Waals surface area contributed by atoms with Crippen molar-refractivity contribution in [1.82, 2.24) is 9.97 Å². The first-order valence-corrected chi connectivity index (χ1v) is 11.1. The second-order valence-electron chi connectivity index (χ2n) is 6.07. The maximum atomic E-state index is 14.6. The molecule has 0 unspecified atom stereocenters. The zero-order chi connectivity index (χ0) is 20.4. The number of nitrogens with zero attached hydrogens (tertiary/aromatic N) is 2. The Bertz CT molecular complexity index is 1280. The molecule has 0 saturated carbocycles. The minimum Gasteiger partial charge on any atom is -0.380 e. The van der Waals surface area contributed by atoms with Crippen molar-refractivity contribution in [3.63, 3.8) is 0 Å². The minimum atomic E-state index is -4.15. The van der Waals surface area contributed by atoms with Gasteiger partial charge in [-0.1, -0.05) is 29.8 Å². The Morgan fingerprint density at radius 2 is 2.03 bits per heavy atom. The average molecular weight is 449 g/mol. The normalized spacial score (nSPS) is 11.5. The monoisotopic (exact) mass is 448 g/mol. The summed E-state index contributed by atoms with van der Waals surface area (Å²) in [7, 11) is -4.15.